The highest BCUT2D eigenvalue weighted by atomic mass is 35.5. The lowest BCUT2D eigenvalue weighted by Crippen LogP contribution is -2.41. The number of likely N-dealkylation sites (tertiary alicyclic amines) is 1. The minimum Gasteiger partial charge on any atom is -0.334 e. The molecule has 2 rings (SSSR count). The molecule has 2 unspecified atom stereocenters. The third kappa shape index (κ3) is 3.28. The minimum atomic E-state index is -0.407. The zero-order valence-electron chi connectivity index (χ0n) is 11.8. The van der Waals surface area contributed by atoms with E-state index in [2.05, 4.69) is 32.0 Å². The molecule has 19 heavy (non-hydrogen) atoms. The molecule has 1 heterocycles. The predicted octanol–water partition coefficient (Wildman–Crippen LogP) is 2.74. The Balaban J connectivity index is 0.00000180. The Kier molecular flexibility index (Phi) is 5.39. The maximum atomic E-state index is 12.1. The number of nitrogens with zero attached hydrogens (tertiary/aromatic N) is 1. The molecule has 4 heteroatoms. The first-order valence-corrected chi connectivity index (χ1v) is 6.64. The van der Waals surface area contributed by atoms with Gasteiger partial charge in [-0.25, -0.2) is 0 Å². The maximum Gasteiger partial charge on any atom is 0.239 e. The highest BCUT2D eigenvalue weighted by molar-refractivity contribution is 5.85. The normalized spacial score (nSPS) is 20.0. The van der Waals surface area contributed by atoms with Crippen molar-refractivity contribution in [3.63, 3.8) is 0 Å². The Morgan fingerprint density at radius 2 is 2.11 bits per heavy atom. The van der Waals surface area contributed by atoms with Gasteiger partial charge in [0.1, 0.15) is 0 Å². The van der Waals surface area contributed by atoms with Gasteiger partial charge in [0.15, 0.2) is 0 Å². The van der Waals surface area contributed by atoms with Gasteiger partial charge in [-0.15, -0.1) is 12.4 Å². The lowest BCUT2D eigenvalue weighted by Gasteiger charge is -2.28. The summed E-state index contributed by atoms with van der Waals surface area (Å²) in [6.07, 6.45) is 2.11. The first-order chi connectivity index (χ1) is 8.50. The van der Waals surface area contributed by atoms with Crippen LogP contribution in [0.15, 0.2) is 18.2 Å². The molecular weight excluding hydrogens is 260 g/mol. The largest absolute Gasteiger partial charge is 0.334 e. The second-order valence-electron chi connectivity index (χ2n) is 5.34. The highest BCUT2D eigenvalue weighted by Crippen LogP contribution is 2.34. The first-order valence-electron chi connectivity index (χ1n) is 6.64. The van der Waals surface area contributed by atoms with Crippen LogP contribution in [-0.4, -0.2) is 23.4 Å². The SMILES string of the molecule is Cc1ccc(C)c(C2CCCN2C(=O)C(C)N)c1.Cl. The molecule has 0 aliphatic carbocycles. The highest BCUT2D eigenvalue weighted by Gasteiger charge is 2.31. The van der Waals surface area contributed by atoms with Crippen molar-refractivity contribution in [2.45, 2.75) is 45.7 Å². The topological polar surface area (TPSA) is 46.3 Å². The molecule has 1 aliphatic rings. The van der Waals surface area contributed by atoms with Crippen molar-refractivity contribution < 1.29 is 4.79 Å². The van der Waals surface area contributed by atoms with Gasteiger partial charge in [0.25, 0.3) is 0 Å². The van der Waals surface area contributed by atoms with E-state index in [4.69, 9.17) is 5.73 Å². The molecule has 1 amide bonds. The molecule has 0 spiro atoms. The van der Waals surface area contributed by atoms with Crippen LogP contribution in [0, 0.1) is 13.8 Å². The molecule has 106 valence electrons. The van der Waals surface area contributed by atoms with Gasteiger partial charge in [0, 0.05) is 6.54 Å². The fourth-order valence-corrected chi connectivity index (χ4v) is 2.73. The Bertz CT molecular complexity index is 459. The monoisotopic (exact) mass is 282 g/mol. The summed E-state index contributed by atoms with van der Waals surface area (Å²) in [7, 11) is 0. The molecule has 0 saturated carbocycles. The maximum absolute atomic E-state index is 12.1. The summed E-state index contributed by atoms with van der Waals surface area (Å²) in [6, 6.07) is 6.26. The van der Waals surface area contributed by atoms with Gasteiger partial charge < -0.3 is 10.6 Å². The van der Waals surface area contributed by atoms with Gasteiger partial charge in [-0.3, -0.25) is 4.79 Å². The van der Waals surface area contributed by atoms with E-state index in [0.29, 0.717) is 0 Å². The molecule has 1 aromatic rings. The molecule has 1 aromatic carbocycles. The zero-order chi connectivity index (χ0) is 13.3. The Morgan fingerprint density at radius 3 is 2.74 bits per heavy atom. The van der Waals surface area contributed by atoms with Crippen LogP contribution in [0.1, 0.15) is 42.5 Å². The van der Waals surface area contributed by atoms with Crippen LogP contribution >= 0.6 is 12.4 Å². The van der Waals surface area contributed by atoms with Crippen LogP contribution in [-0.2, 0) is 4.79 Å². The summed E-state index contributed by atoms with van der Waals surface area (Å²) in [4.78, 5) is 14.1. The van der Waals surface area contributed by atoms with E-state index in [0.717, 1.165) is 19.4 Å². The van der Waals surface area contributed by atoms with E-state index < -0.39 is 6.04 Å². The number of benzene rings is 1. The van der Waals surface area contributed by atoms with E-state index >= 15 is 0 Å². The number of rotatable bonds is 2. The Hall–Kier alpha value is -1.06. The second-order valence-corrected chi connectivity index (χ2v) is 5.34. The van der Waals surface area contributed by atoms with Gasteiger partial charge in [-0.05, 0) is 44.7 Å². The Morgan fingerprint density at radius 1 is 1.42 bits per heavy atom. The second kappa shape index (κ2) is 6.40. The fourth-order valence-electron chi connectivity index (χ4n) is 2.73. The number of nitrogens with two attached hydrogens (primary N) is 1. The van der Waals surface area contributed by atoms with Crippen LogP contribution in [0.3, 0.4) is 0 Å². The zero-order valence-corrected chi connectivity index (χ0v) is 12.7. The number of carbonyl (C=O) groups is 1. The summed E-state index contributed by atoms with van der Waals surface area (Å²) in [5.74, 6) is 0.0680. The van der Waals surface area contributed by atoms with Crippen molar-refractivity contribution in [3.05, 3.63) is 34.9 Å². The average Bonchev–Trinajstić information content (AvgIpc) is 2.80. The lowest BCUT2D eigenvalue weighted by molar-refractivity contribution is -0.133. The summed E-state index contributed by atoms with van der Waals surface area (Å²) < 4.78 is 0. The van der Waals surface area contributed by atoms with Crippen LogP contribution in [0.4, 0.5) is 0 Å². The third-order valence-corrected chi connectivity index (χ3v) is 3.72. The fraction of sp³-hybridized carbons (Fsp3) is 0.533. The lowest BCUT2D eigenvalue weighted by atomic mass is 9.97. The van der Waals surface area contributed by atoms with E-state index in [9.17, 15) is 4.79 Å². The molecule has 3 nitrogen and oxygen atoms in total. The van der Waals surface area contributed by atoms with E-state index in [1.54, 1.807) is 6.92 Å². The molecule has 0 aromatic heterocycles. The number of hydrogen-bond donors (Lipinski definition) is 1. The molecule has 2 atom stereocenters. The summed E-state index contributed by atoms with van der Waals surface area (Å²) in [5.41, 5.74) is 9.52. The van der Waals surface area contributed by atoms with Crippen molar-refractivity contribution >= 4 is 18.3 Å². The van der Waals surface area contributed by atoms with Gasteiger partial charge in [-0.2, -0.15) is 0 Å². The number of hydrogen-bond acceptors (Lipinski definition) is 2. The van der Waals surface area contributed by atoms with Gasteiger partial charge >= 0.3 is 0 Å². The number of carbonyl (C=O) groups excluding carboxylic acids is 1. The Labute approximate surface area is 121 Å². The third-order valence-electron chi connectivity index (χ3n) is 3.72. The van der Waals surface area contributed by atoms with E-state index in [1.807, 2.05) is 4.90 Å². The predicted molar refractivity (Wildman–Crippen MR) is 80.5 cm³/mol. The summed E-state index contributed by atoms with van der Waals surface area (Å²) >= 11 is 0. The van der Waals surface area contributed by atoms with Crippen molar-refractivity contribution in [3.8, 4) is 0 Å². The number of halogens is 1. The average molecular weight is 283 g/mol. The van der Waals surface area contributed by atoms with Crippen molar-refractivity contribution in [2.24, 2.45) is 5.73 Å². The van der Waals surface area contributed by atoms with Crippen LogP contribution < -0.4 is 5.73 Å². The smallest absolute Gasteiger partial charge is 0.239 e. The summed E-state index contributed by atoms with van der Waals surface area (Å²) in [6.45, 7) is 6.80. The molecule has 0 bridgehead atoms. The number of aryl methyl sites for hydroxylation is 2. The van der Waals surface area contributed by atoms with Crippen molar-refractivity contribution in [2.75, 3.05) is 6.54 Å². The number of amides is 1. The molecule has 1 fully saturated rings. The van der Waals surface area contributed by atoms with Crippen molar-refractivity contribution in [1.82, 2.24) is 4.90 Å². The molecule has 0 radical (unpaired) electrons. The van der Waals surface area contributed by atoms with Crippen molar-refractivity contribution in [1.29, 1.82) is 0 Å². The summed E-state index contributed by atoms with van der Waals surface area (Å²) in [5, 5.41) is 0. The quantitative estimate of drug-likeness (QED) is 0.907. The molecule has 1 saturated heterocycles. The minimum absolute atomic E-state index is 0. The standard InChI is InChI=1S/C15H22N2O.ClH/c1-10-6-7-11(2)13(9-10)14-5-4-8-17(14)15(18)12(3)16;/h6-7,9,12,14H,4-5,8,16H2,1-3H3;1H. The van der Waals surface area contributed by atoms with Gasteiger partial charge in [0.05, 0.1) is 12.1 Å². The van der Waals surface area contributed by atoms with Gasteiger partial charge in [0.2, 0.25) is 5.91 Å². The molecule has 1 aliphatic heterocycles. The molecular formula is C15H23ClN2O. The van der Waals surface area contributed by atoms with E-state index in [1.165, 1.54) is 16.7 Å². The first kappa shape index (κ1) is 16.0. The van der Waals surface area contributed by atoms with Crippen LogP contribution in [0.5, 0.6) is 0 Å². The van der Waals surface area contributed by atoms with Gasteiger partial charge in [-0.1, -0.05) is 23.8 Å². The van der Waals surface area contributed by atoms with Crippen LogP contribution in [0.25, 0.3) is 0 Å². The van der Waals surface area contributed by atoms with E-state index in [-0.39, 0.29) is 24.4 Å². The van der Waals surface area contributed by atoms with Crippen LogP contribution in [0.2, 0.25) is 0 Å². The molecule has 2 N–H and O–H groups in total.